The zero-order valence-corrected chi connectivity index (χ0v) is 11.7. The van der Waals surface area contributed by atoms with Crippen LogP contribution in [0.25, 0.3) is 0 Å². The number of carbonyl (C=O) groups is 2. The zero-order valence-electron chi connectivity index (χ0n) is 10.9. The number of hydrogen-bond acceptors (Lipinski definition) is 4. The van der Waals surface area contributed by atoms with Crippen LogP contribution < -0.4 is 4.74 Å². The molecular weight excluding hydrogens is 262 g/mol. The summed E-state index contributed by atoms with van der Waals surface area (Å²) in [5.74, 6) is 0.916. The number of ether oxygens (including phenoxy) is 1. The molecule has 102 valence electrons. The molecule has 0 bridgehead atoms. The molecule has 1 aromatic carbocycles. The fourth-order valence-corrected chi connectivity index (χ4v) is 3.01. The highest BCUT2D eigenvalue weighted by Crippen LogP contribution is 2.23. The third-order valence-corrected chi connectivity index (χ3v) is 3.87. The van der Waals surface area contributed by atoms with E-state index in [9.17, 15) is 9.59 Å². The lowest BCUT2D eigenvalue weighted by Crippen LogP contribution is -2.30. The van der Waals surface area contributed by atoms with Gasteiger partial charge in [-0.15, -0.1) is 0 Å². The standard InChI is InChI=1S/C14H17NO3S/c1-11(16)19-13-9-14(17)15(10-13)7-8-18-12-5-3-2-4-6-12/h2-6,13H,7-10H2,1H3. The second-order valence-corrected chi connectivity index (χ2v) is 5.91. The lowest BCUT2D eigenvalue weighted by Gasteiger charge is -2.16. The Labute approximate surface area is 117 Å². The van der Waals surface area contributed by atoms with Crippen LogP contribution in [-0.4, -0.2) is 40.9 Å². The molecule has 1 saturated heterocycles. The van der Waals surface area contributed by atoms with Gasteiger partial charge >= 0.3 is 0 Å². The minimum Gasteiger partial charge on any atom is -0.492 e. The molecule has 1 amide bonds. The highest BCUT2D eigenvalue weighted by molar-refractivity contribution is 8.14. The predicted octanol–water partition coefficient (Wildman–Crippen LogP) is 1.95. The topological polar surface area (TPSA) is 46.6 Å². The van der Waals surface area contributed by atoms with Crippen LogP contribution in [-0.2, 0) is 9.59 Å². The molecule has 4 nitrogen and oxygen atoms in total. The lowest BCUT2D eigenvalue weighted by molar-refractivity contribution is -0.128. The maximum Gasteiger partial charge on any atom is 0.223 e. The first-order valence-corrected chi connectivity index (χ1v) is 7.16. The SMILES string of the molecule is CC(=O)SC1CC(=O)N(CCOc2ccccc2)C1. The van der Waals surface area contributed by atoms with E-state index in [1.807, 2.05) is 30.3 Å². The Balaban J connectivity index is 1.74. The summed E-state index contributed by atoms with van der Waals surface area (Å²) < 4.78 is 5.56. The van der Waals surface area contributed by atoms with E-state index in [1.165, 1.54) is 18.7 Å². The van der Waals surface area contributed by atoms with E-state index >= 15 is 0 Å². The van der Waals surface area contributed by atoms with E-state index in [2.05, 4.69) is 0 Å². The van der Waals surface area contributed by atoms with Crippen molar-refractivity contribution in [1.82, 2.24) is 4.90 Å². The number of rotatable bonds is 5. The molecule has 1 aromatic rings. The molecule has 0 aliphatic carbocycles. The van der Waals surface area contributed by atoms with Crippen LogP contribution in [0.15, 0.2) is 30.3 Å². The number of carbonyl (C=O) groups excluding carboxylic acids is 2. The summed E-state index contributed by atoms with van der Waals surface area (Å²) in [5, 5.41) is 0.168. The van der Waals surface area contributed by atoms with E-state index in [1.54, 1.807) is 4.90 Å². The Morgan fingerprint density at radius 2 is 2.16 bits per heavy atom. The van der Waals surface area contributed by atoms with Crippen molar-refractivity contribution in [3.63, 3.8) is 0 Å². The molecule has 1 fully saturated rings. The summed E-state index contributed by atoms with van der Waals surface area (Å²) in [6.07, 6.45) is 0.454. The third-order valence-electron chi connectivity index (χ3n) is 2.88. The number of para-hydroxylation sites is 1. The van der Waals surface area contributed by atoms with Gasteiger partial charge in [0.2, 0.25) is 5.91 Å². The van der Waals surface area contributed by atoms with Gasteiger partial charge in [0.25, 0.3) is 0 Å². The van der Waals surface area contributed by atoms with Gasteiger partial charge in [-0.25, -0.2) is 0 Å². The van der Waals surface area contributed by atoms with E-state index < -0.39 is 0 Å². The van der Waals surface area contributed by atoms with Crippen LogP contribution in [0.1, 0.15) is 13.3 Å². The van der Waals surface area contributed by atoms with Gasteiger partial charge in [-0.05, 0) is 12.1 Å². The minimum absolute atomic E-state index is 0.0696. The third kappa shape index (κ3) is 4.28. The van der Waals surface area contributed by atoms with Crippen LogP contribution in [0.2, 0.25) is 0 Å². The smallest absolute Gasteiger partial charge is 0.223 e. The second-order valence-electron chi connectivity index (χ2n) is 4.44. The molecule has 0 aromatic heterocycles. The summed E-state index contributed by atoms with van der Waals surface area (Å²) in [6.45, 7) is 3.23. The van der Waals surface area contributed by atoms with Crippen LogP contribution >= 0.6 is 11.8 Å². The highest BCUT2D eigenvalue weighted by atomic mass is 32.2. The summed E-state index contributed by atoms with van der Waals surface area (Å²) in [4.78, 5) is 24.5. The first-order valence-electron chi connectivity index (χ1n) is 6.28. The summed E-state index contributed by atoms with van der Waals surface area (Å²) in [7, 11) is 0. The second kappa shape index (κ2) is 6.61. The van der Waals surface area contributed by atoms with Crippen molar-refractivity contribution in [2.24, 2.45) is 0 Å². The van der Waals surface area contributed by atoms with E-state index in [4.69, 9.17) is 4.74 Å². The number of amides is 1. The molecular formula is C14H17NO3S. The normalized spacial score (nSPS) is 18.7. The maximum absolute atomic E-state index is 11.8. The highest BCUT2D eigenvalue weighted by Gasteiger charge is 2.30. The number of thioether (sulfide) groups is 1. The lowest BCUT2D eigenvalue weighted by atomic mass is 10.3. The van der Waals surface area contributed by atoms with Gasteiger partial charge in [0.05, 0.1) is 6.54 Å². The van der Waals surface area contributed by atoms with Crippen molar-refractivity contribution in [3.05, 3.63) is 30.3 Å². The van der Waals surface area contributed by atoms with Crippen molar-refractivity contribution < 1.29 is 14.3 Å². The summed E-state index contributed by atoms with van der Waals surface area (Å²) >= 11 is 1.26. The number of benzene rings is 1. The quantitative estimate of drug-likeness (QED) is 0.826. The van der Waals surface area contributed by atoms with Gasteiger partial charge < -0.3 is 9.64 Å². The first kappa shape index (κ1) is 13.9. The molecule has 2 rings (SSSR count). The van der Waals surface area contributed by atoms with Crippen molar-refractivity contribution in [2.45, 2.75) is 18.6 Å². The molecule has 5 heteroatoms. The van der Waals surface area contributed by atoms with E-state index in [0.29, 0.717) is 26.1 Å². The number of nitrogens with zero attached hydrogens (tertiary/aromatic N) is 1. The van der Waals surface area contributed by atoms with Gasteiger partial charge in [0.1, 0.15) is 12.4 Å². The Morgan fingerprint density at radius 3 is 2.84 bits per heavy atom. The molecule has 19 heavy (non-hydrogen) atoms. The molecule has 1 unspecified atom stereocenters. The number of likely N-dealkylation sites (tertiary alicyclic amines) is 1. The minimum atomic E-state index is 0.0696. The Bertz CT molecular complexity index is 449. The summed E-state index contributed by atoms with van der Waals surface area (Å²) in [5.41, 5.74) is 0. The first-order chi connectivity index (χ1) is 9.15. The fourth-order valence-electron chi connectivity index (χ4n) is 2.06. The number of hydrogen-bond donors (Lipinski definition) is 0. The van der Waals surface area contributed by atoms with E-state index in [-0.39, 0.29) is 16.3 Å². The maximum atomic E-state index is 11.8. The molecule has 1 aliphatic rings. The molecule has 1 aliphatic heterocycles. The van der Waals surface area contributed by atoms with Crippen LogP contribution in [0, 0.1) is 0 Å². The average Bonchev–Trinajstić information content (AvgIpc) is 2.70. The Kier molecular flexibility index (Phi) is 4.85. The summed E-state index contributed by atoms with van der Waals surface area (Å²) in [6, 6.07) is 9.53. The zero-order chi connectivity index (χ0) is 13.7. The van der Waals surface area contributed by atoms with Crippen molar-refractivity contribution in [3.8, 4) is 5.75 Å². The van der Waals surface area contributed by atoms with Gasteiger partial charge in [-0.3, -0.25) is 9.59 Å². The molecule has 0 radical (unpaired) electrons. The van der Waals surface area contributed by atoms with Gasteiger partial charge in [0.15, 0.2) is 5.12 Å². The van der Waals surface area contributed by atoms with Crippen molar-refractivity contribution >= 4 is 22.8 Å². The van der Waals surface area contributed by atoms with Crippen molar-refractivity contribution in [1.29, 1.82) is 0 Å². The molecule has 0 spiro atoms. The Morgan fingerprint density at radius 1 is 1.42 bits per heavy atom. The molecule has 1 atom stereocenters. The van der Waals surface area contributed by atoms with E-state index in [0.717, 1.165) is 5.75 Å². The van der Waals surface area contributed by atoms with Gasteiger partial charge in [-0.1, -0.05) is 30.0 Å². The van der Waals surface area contributed by atoms with Crippen LogP contribution in [0.4, 0.5) is 0 Å². The van der Waals surface area contributed by atoms with Crippen LogP contribution in [0.5, 0.6) is 5.75 Å². The van der Waals surface area contributed by atoms with Crippen molar-refractivity contribution in [2.75, 3.05) is 19.7 Å². The van der Waals surface area contributed by atoms with Gasteiger partial charge in [-0.2, -0.15) is 0 Å². The Hall–Kier alpha value is -1.49. The largest absolute Gasteiger partial charge is 0.492 e. The monoisotopic (exact) mass is 279 g/mol. The van der Waals surface area contributed by atoms with Gasteiger partial charge in [0, 0.05) is 25.1 Å². The molecule has 0 N–H and O–H groups in total. The predicted molar refractivity (Wildman–Crippen MR) is 75.2 cm³/mol. The fraction of sp³-hybridized carbons (Fsp3) is 0.429. The molecule has 0 saturated carbocycles. The van der Waals surface area contributed by atoms with Crippen LogP contribution in [0.3, 0.4) is 0 Å². The molecule has 1 heterocycles. The average molecular weight is 279 g/mol.